The average Bonchev–Trinajstić information content (AvgIpc) is 3.33. The molecule has 3 aromatic heterocycles. The number of aromatic nitrogens is 1. The third-order valence-electron chi connectivity index (χ3n) is 3.31. The summed E-state index contributed by atoms with van der Waals surface area (Å²) in [6.07, 6.45) is 2.69. The maximum Gasteiger partial charge on any atom is 0.324 e. The standard InChI is InChI=1S/C15H9N5O6S2/c21-14(10-1-3-12(27-10)19(23)24)17-8-5-6-16-7-9(8)18-15(22)11-2-4-13(28-11)20(25)26/h1-7H,(H,18,22)(H,16,17,21). The van der Waals surface area contributed by atoms with Crippen molar-refractivity contribution in [2.45, 2.75) is 0 Å². The molecule has 0 bridgehead atoms. The second-order valence-electron chi connectivity index (χ2n) is 5.12. The molecule has 13 heteroatoms. The molecule has 0 atom stereocenters. The van der Waals surface area contributed by atoms with Gasteiger partial charge in [-0.1, -0.05) is 22.7 Å². The van der Waals surface area contributed by atoms with Crippen LogP contribution in [0.4, 0.5) is 21.4 Å². The number of rotatable bonds is 6. The van der Waals surface area contributed by atoms with Crippen LogP contribution in [0, 0.1) is 20.2 Å². The van der Waals surface area contributed by atoms with E-state index in [1.165, 1.54) is 42.7 Å². The van der Waals surface area contributed by atoms with Crippen LogP contribution in [-0.4, -0.2) is 26.6 Å². The Morgan fingerprint density at radius 3 is 1.79 bits per heavy atom. The van der Waals surface area contributed by atoms with E-state index in [9.17, 15) is 29.8 Å². The third-order valence-corrected chi connectivity index (χ3v) is 5.38. The predicted molar refractivity (Wildman–Crippen MR) is 102 cm³/mol. The van der Waals surface area contributed by atoms with Gasteiger partial charge in [-0.05, 0) is 18.2 Å². The Labute approximate surface area is 164 Å². The van der Waals surface area contributed by atoms with E-state index in [2.05, 4.69) is 15.6 Å². The lowest BCUT2D eigenvalue weighted by molar-refractivity contribution is -0.380. The number of nitrogens with zero attached hydrogens (tertiary/aromatic N) is 3. The van der Waals surface area contributed by atoms with Gasteiger partial charge in [-0.3, -0.25) is 34.8 Å². The minimum absolute atomic E-state index is 0.113. The van der Waals surface area contributed by atoms with Crippen LogP contribution in [0.3, 0.4) is 0 Å². The molecule has 11 nitrogen and oxygen atoms in total. The van der Waals surface area contributed by atoms with Gasteiger partial charge >= 0.3 is 10.0 Å². The predicted octanol–water partition coefficient (Wildman–Crippen LogP) is 3.53. The van der Waals surface area contributed by atoms with E-state index < -0.39 is 21.7 Å². The van der Waals surface area contributed by atoms with Gasteiger partial charge in [-0.15, -0.1) is 0 Å². The van der Waals surface area contributed by atoms with Crippen molar-refractivity contribution in [2.75, 3.05) is 10.6 Å². The summed E-state index contributed by atoms with van der Waals surface area (Å²) in [5.41, 5.74) is 0.387. The van der Waals surface area contributed by atoms with Crippen molar-refractivity contribution in [1.29, 1.82) is 0 Å². The highest BCUT2D eigenvalue weighted by Gasteiger charge is 2.19. The second-order valence-corrected chi connectivity index (χ2v) is 7.24. The Morgan fingerprint density at radius 2 is 1.32 bits per heavy atom. The number of hydrogen-bond acceptors (Lipinski definition) is 9. The Hall–Kier alpha value is -3.71. The molecule has 0 aliphatic carbocycles. The summed E-state index contributed by atoms with van der Waals surface area (Å²) in [5, 5.41) is 26.2. The molecule has 2 amide bonds. The van der Waals surface area contributed by atoms with Gasteiger partial charge in [0, 0.05) is 18.3 Å². The first kappa shape index (κ1) is 19.1. The molecule has 3 aromatic rings. The SMILES string of the molecule is O=C(Nc1ccncc1NC(=O)c1ccc([N+](=O)[O-])s1)c1ccc([N+](=O)[O-])s1. The van der Waals surface area contributed by atoms with Crippen LogP contribution in [0.25, 0.3) is 0 Å². The fourth-order valence-electron chi connectivity index (χ4n) is 2.07. The highest BCUT2D eigenvalue weighted by molar-refractivity contribution is 7.17. The van der Waals surface area contributed by atoms with Gasteiger partial charge in [-0.25, -0.2) is 0 Å². The number of pyridine rings is 1. The molecule has 0 aliphatic rings. The van der Waals surface area contributed by atoms with Crippen LogP contribution >= 0.6 is 22.7 Å². The third kappa shape index (κ3) is 4.16. The van der Waals surface area contributed by atoms with E-state index in [1.54, 1.807) is 0 Å². The summed E-state index contributed by atoms with van der Waals surface area (Å²) in [7, 11) is 0. The molecule has 0 aromatic carbocycles. The lowest BCUT2D eigenvalue weighted by Crippen LogP contribution is -2.15. The van der Waals surface area contributed by atoms with Crippen molar-refractivity contribution in [3.63, 3.8) is 0 Å². The molecule has 0 unspecified atom stereocenters. The molecule has 0 aliphatic heterocycles. The molecule has 2 N–H and O–H groups in total. The fourth-order valence-corrected chi connectivity index (χ4v) is 3.50. The zero-order chi connectivity index (χ0) is 20.3. The lowest BCUT2D eigenvalue weighted by atomic mass is 10.3. The Morgan fingerprint density at radius 1 is 0.821 bits per heavy atom. The maximum atomic E-state index is 12.3. The van der Waals surface area contributed by atoms with Crippen molar-refractivity contribution in [3.05, 3.63) is 72.7 Å². The summed E-state index contributed by atoms with van der Waals surface area (Å²) in [5.74, 6) is -1.19. The number of nitrogens with one attached hydrogen (secondary N) is 2. The van der Waals surface area contributed by atoms with Crippen molar-refractivity contribution in [2.24, 2.45) is 0 Å². The van der Waals surface area contributed by atoms with E-state index in [0.29, 0.717) is 22.7 Å². The Kier molecular flexibility index (Phi) is 5.37. The number of carbonyl (C=O) groups excluding carboxylic acids is 2. The second kappa shape index (κ2) is 7.89. The van der Waals surface area contributed by atoms with Gasteiger partial charge in [0.05, 0.1) is 37.2 Å². The number of hydrogen-bond donors (Lipinski definition) is 2. The first-order valence-corrected chi connectivity index (χ1v) is 9.03. The van der Waals surface area contributed by atoms with Crippen LogP contribution in [0.15, 0.2) is 42.7 Å². The van der Waals surface area contributed by atoms with E-state index in [-0.39, 0.29) is 31.1 Å². The molecule has 3 heterocycles. The first-order valence-electron chi connectivity index (χ1n) is 7.40. The molecule has 0 spiro atoms. The molecule has 28 heavy (non-hydrogen) atoms. The number of anilines is 2. The van der Waals surface area contributed by atoms with Gasteiger partial charge in [0.2, 0.25) is 0 Å². The average molecular weight is 419 g/mol. The molecule has 0 radical (unpaired) electrons. The van der Waals surface area contributed by atoms with Crippen molar-refractivity contribution in [3.8, 4) is 0 Å². The smallest absolute Gasteiger partial charge is 0.319 e. The molecule has 0 saturated heterocycles. The minimum atomic E-state index is -0.603. The zero-order valence-corrected chi connectivity index (χ0v) is 15.3. The van der Waals surface area contributed by atoms with Crippen molar-refractivity contribution >= 4 is 55.9 Å². The van der Waals surface area contributed by atoms with E-state index in [0.717, 1.165) is 0 Å². The monoisotopic (exact) mass is 419 g/mol. The van der Waals surface area contributed by atoms with Crippen LogP contribution < -0.4 is 10.6 Å². The number of amides is 2. The summed E-state index contributed by atoms with van der Waals surface area (Å²) in [4.78, 5) is 49.0. The molecule has 3 rings (SSSR count). The molecule has 0 fully saturated rings. The highest BCUT2D eigenvalue weighted by atomic mass is 32.1. The van der Waals surface area contributed by atoms with E-state index >= 15 is 0 Å². The van der Waals surface area contributed by atoms with Gasteiger partial charge in [-0.2, -0.15) is 0 Å². The molecule has 0 saturated carbocycles. The van der Waals surface area contributed by atoms with Gasteiger partial charge in [0.1, 0.15) is 0 Å². The molecular weight excluding hydrogens is 410 g/mol. The normalized spacial score (nSPS) is 10.3. The summed E-state index contributed by atoms with van der Waals surface area (Å²) < 4.78 is 0. The van der Waals surface area contributed by atoms with Crippen molar-refractivity contribution < 1.29 is 19.4 Å². The van der Waals surface area contributed by atoms with Crippen LogP contribution in [0.1, 0.15) is 19.3 Å². The van der Waals surface area contributed by atoms with Gasteiger partial charge in [0.25, 0.3) is 11.8 Å². The lowest BCUT2D eigenvalue weighted by Gasteiger charge is -2.10. The zero-order valence-electron chi connectivity index (χ0n) is 13.6. The van der Waals surface area contributed by atoms with Crippen LogP contribution in [0.5, 0.6) is 0 Å². The highest BCUT2D eigenvalue weighted by Crippen LogP contribution is 2.28. The van der Waals surface area contributed by atoms with Gasteiger partial charge < -0.3 is 10.6 Å². The topological polar surface area (TPSA) is 157 Å². The first-order chi connectivity index (χ1) is 13.3. The van der Waals surface area contributed by atoms with Crippen LogP contribution in [-0.2, 0) is 0 Å². The Balaban J connectivity index is 1.76. The summed E-state index contributed by atoms with van der Waals surface area (Å²) in [6.45, 7) is 0. The molecular formula is C15H9N5O6S2. The minimum Gasteiger partial charge on any atom is -0.319 e. The number of thiophene rings is 2. The number of carbonyl (C=O) groups is 2. The summed E-state index contributed by atoms with van der Waals surface area (Å²) in [6, 6.07) is 6.51. The van der Waals surface area contributed by atoms with Gasteiger partial charge in [0.15, 0.2) is 0 Å². The summed E-state index contributed by atoms with van der Waals surface area (Å²) >= 11 is 1.42. The maximum absolute atomic E-state index is 12.3. The fraction of sp³-hybridized carbons (Fsp3) is 0. The van der Waals surface area contributed by atoms with Crippen LogP contribution in [0.2, 0.25) is 0 Å². The number of nitro groups is 2. The largest absolute Gasteiger partial charge is 0.324 e. The Bertz CT molecular complexity index is 1010. The quantitative estimate of drug-likeness (QED) is 0.457. The van der Waals surface area contributed by atoms with E-state index in [4.69, 9.17) is 0 Å². The van der Waals surface area contributed by atoms with Crippen molar-refractivity contribution in [1.82, 2.24) is 4.98 Å². The molecule has 142 valence electrons. The van der Waals surface area contributed by atoms with E-state index in [1.807, 2.05) is 0 Å².